The van der Waals surface area contributed by atoms with Crippen LogP contribution in [0, 0.1) is 6.92 Å². The second-order valence-corrected chi connectivity index (χ2v) is 7.41. The Kier molecular flexibility index (Phi) is 5.21. The maximum Gasteiger partial charge on any atom is 0.251 e. The molecule has 1 fully saturated rings. The number of carbonyl (C=O) groups excluding carboxylic acids is 1. The van der Waals surface area contributed by atoms with Gasteiger partial charge in [0, 0.05) is 12.1 Å². The summed E-state index contributed by atoms with van der Waals surface area (Å²) in [5.41, 5.74) is 3.14. The summed E-state index contributed by atoms with van der Waals surface area (Å²) in [7, 11) is 0. The van der Waals surface area contributed by atoms with E-state index in [1.807, 2.05) is 31.2 Å². The van der Waals surface area contributed by atoms with Crippen LogP contribution in [0.15, 0.2) is 66.7 Å². The predicted molar refractivity (Wildman–Crippen MR) is 111 cm³/mol. The van der Waals surface area contributed by atoms with Crippen LogP contribution in [0.2, 0.25) is 0 Å². The molecular weight excluding hydrogens is 332 g/mol. The number of amides is 1. The lowest BCUT2D eigenvalue weighted by molar-refractivity contribution is 0.0938. The molecule has 0 aliphatic carbocycles. The highest BCUT2D eigenvalue weighted by Gasteiger charge is 2.25. The molecule has 27 heavy (non-hydrogen) atoms. The van der Waals surface area contributed by atoms with Gasteiger partial charge in [0.2, 0.25) is 0 Å². The fraction of sp³-hybridized carbons (Fsp3) is 0.292. The third-order valence-electron chi connectivity index (χ3n) is 5.50. The molecule has 1 atom stereocenters. The number of benzene rings is 3. The number of rotatable bonds is 5. The van der Waals surface area contributed by atoms with Gasteiger partial charge in [-0.25, -0.2) is 0 Å². The van der Waals surface area contributed by atoms with E-state index in [0.717, 1.165) is 24.2 Å². The Hall–Kier alpha value is -2.65. The lowest BCUT2D eigenvalue weighted by atomic mass is 9.97. The molecule has 0 spiro atoms. The lowest BCUT2D eigenvalue weighted by Gasteiger charge is -2.29. The predicted octanol–water partition coefficient (Wildman–Crippen LogP) is 4.72. The van der Waals surface area contributed by atoms with E-state index in [-0.39, 0.29) is 11.9 Å². The molecule has 0 aromatic heterocycles. The third-order valence-corrected chi connectivity index (χ3v) is 5.50. The molecule has 0 radical (unpaired) electrons. The molecule has 3 aromatic carbocycles. The van der Waals surface area contributed by atoms with Gasteiger partial charge < -0.3 is 5.32 Å². The topological polar surface area (TPSA) is 32.3 Å². The Labute approximate surface area is 161 Å². The first-order valence-electron chi connectivity index (χ1n) is 9.79. The van der Waals surface area contributed by atoms with E-state index >= 15 is 0 Å². The van der Waals surface area contributed by atoms with Gasteiger partial charge in [0.15, 0.2) is 0 Å². The molecule has 4 rings (SSSR count). The van der Waals surface area contributed by atoms with Crippen molar-refractivity contribution in [2.45, 2.75) is 25.8 Å². The number of carbonyl (C=O) groups is 1. The molecule has 3 aromatic rings. The average Bonchev–Trinajstić information content (AvgIpc) is 3.22. The number of fused-ring (bicyclic) bond motifs is 1. The van der Waals surface area contributed by atoms with Gasteiger partial charge in [0.25, 0.3) is 5.91 Å². The molecule has 1 N–H and O–H groups in total. The minimum atomic E-state index is 0.00290. The monoisotopic (exact) mass is 358 g/mol. The van der Waals surface area contributed by atoms with Crippen LogP contribution >= 0.6 is 0 Å². The van der Waals surface area contributed by atoms with E-state index in [4.69, 9.17) is 0 Å². The van der Waals surface area contributed by atoms with Crippen molar-refractivity contribution in [1.82, 2.24) is 10.2 Å². The van der Waals surface area contributed by atoms with Crippen molar-refractivity contribution in [1.29, 1.82) is 0 Å². The van der Waals surface area contributed by atoms with Crippen molar-refractivity contribution in [2.24, 2.45) is 0 Å². The van der Waals surface area contributed by atoms with Crippen LogP contribution in [0.3, 0.4) is 0 Å². The Bertz CT molecular complexity index is 939. The second kappa shape index (κ2) is 7.93. The van der Waals surface area contributed by atoms with E-state index in [1.165, 1.54) is 29.2 Å². The van der Waals surface area contributed by atoms with Gasteiger partial charge in [-0.3, -0.25) is 9.69 Å². The van der Waals surface area contributed by atoms with E-state index in [9.17, 15) is 4.79 Å². The minimum absolute atomic E-state index is 0.00290. The Morgan fingerprint density at radius 2 is 1.74 bits per heavy atom. The Morgan fingerprint density at radius 1 is 1.00 bits per heavy atom. The number of aryl methyl sites for hydroxylation is 1. The van der Waals surface area contributed by atoms with Crippen LogP contribution in [-0.4, -0.2) is 30.4 Å². The average molecular weight is 358 g/mol. The zero-order valence-corrected chi connectivity index (χ0v) is 15.8. The largest absolute Gasteiger partial charge is 0.350 e. The maximum atomic E-state index is 12.7. The van der Waals surface area contributed by atoms with Crippen molar-refractivity contribution >= 4 is 16.7 Å². The normalized spacial score (nSPS) is 15.7. The summed E-state index contributed by atoms with van der Waals surface area (Å²) in [4.78, 5) is 15.2. The number of hydrogen-bond donors (Lipinski definition) is 1. The Balaban J connectivity index is 1.61. The Morgan fingerprint density at radius 3 is 2.56 bits per heavy atom. The van der Waals surface area contributed by atoms with Gasteiger partial charge in [-0.15, -0.1) is 0 Å². The van der Waals surface area contributed by atoms with Gasteiger partial charge in [0.05, 0.1) is 6.04 Å². The van der Waals surface area contributed by atoms with E-state index in [0.29, 0.717) is 6.54 Å². The molecule has 1 aliphatic rings. The smallest absolute Gasteiger partial charge is 0.251 e. The first kappa shape index (κ1) is 17.7. The molecule has 0 unspecified atom stereocenters. The molecule has 1 saturated heterocycles. The zero-order valence-electron chi connectivity index (χ0n) is 15.8. The number of nitrogens with zero attached hydrogens (tertiary/aromatic N) is 1. The van der Waals surface area contributed by atoms with Crippen molar-refractivity contribution in [3.05, 3.63) is 83.4 Å². The highest BCUT2D eigenvalue weighted by Crippen LogP contribution is 2.30. The molecule has 0 saturated carbocycles. The van der Waals surface area contributed by atoms with Crippen molar-refractivity contribution in [2.75, 3.05) is 19.6 Å². The van der Waals surface area contributed by atoms with Crippen LogP contribution in [0.4, 0.5) is 0 Å². The molecular formula is C24H26N2O. The molecule has 1 aliphatic heterocycles. The minimum Gasteiger partial charge on any atom is -0.350 e. The van der Waals surface area contributed by atoms with E-state index in [1.54, 1.807) is 0 Å². The maximum absolute atomic E-state index is 12.7. The number of nitrogens with one attached hydrogen (secondary N) is 1. The summed E-state index contributed by atoms with van der Waals surface area (Å²) in [5.74, 6) is 0.00290. The lowest BCUT2D eigenvalue weighted by Crippen LogP contribution is -2.37. The highest BCUT2D eigenvalue weighted by atomic mass is 16.1. The molecule has 1 amide bonds. The molecule has 1 heterocycles. The fourth-order valence-corrected chi connectivity index (χ4v) is 4.11. The van der Waals surface area contributed by atoms with Crippen LogP contribution in [0.25, 0.3) is 10.8 Å². The van der Waals surface area contributed by atoms with Crippen LogP contribution in [0.1, 0.15) is 40.4 Å². The zero-order chi connectivity index (χ0) is 18.6. The molecule has 138 valence electrons. The SMILES string of the molecule is Cc1cccc(C(=O)NC[C@@H](c2cccc3ccccc23)N2CCCC2)c1. The van der Waals surface area contributed by atoms with Gasteiger partial charge in [0.1, 0.15) is 0 Å². The number of hydrogen-bond acceptors (Lipinski definition) is 2. The van der Waals surface area contributed by atoms with Gasteiger partial charge in [-0.2, -0.15) is 0 Å². The number of likely N-dealkylation sites (tertiary alicyclic amines) is 1. The van der Waals surface area contributed by atoms with Gasteiger partial charge >= 0.3 is 0 Å². The van der Waals surface area contributed by atoms with Gasteiger partial charge in [-0.05, 0) is 61.3 Å². The summed E-state index contributed by atoms with van der Waals surface area (Å²) in [5, 5.41) is 5.72. The molecule has 0 bridgehead atoms. The van der Waals surface area contributed by atoms with Crippen LogP contribution in [0.5, 0.6) is 0 Å². The van der Waals surface area contributed by atoms with Crippen LogP contribution < -0.4 is 5.32 Å². The summed E-state index contributed by atoms with van der Waals surface area (Å²) < 4.78 is 0. The van der Waals surface area contributed by atoms with Crippen molar-refractivity contribution < 1.29 is 4.79 Å². The molecule has 3 nitrogen and oxygen atoms in total. The summed E-state index contributed by atoms with van der Waals surface area (Å²) >= 11 is 0. The standard InChI is InChI=1S/C24H26N2O/c1-18-8-6-11-20(16-18)24(27)25-17-23(26-14-4-5-15-26)22-13-7-10-19-9-2-3-12-21(19)22/h2-3,6-13,16,23H,4-5,14-15,17H2,1H3,(H,25,27)/t23-/m0/s1. The highest BCUT2D eigenvalue weighted by molar-refractivity contribution is 5.94. The summed E-state index contributed by atoms with van der Waals surface area (Å²) in [6.45, 7) is 4.82. The fourth-order valence-electron chi connectivity index (χ4n) is 4.11. The van der Waals surface area contributed by atoms with E-state index in [2.05, 4.69) is 52.7 Å². The van der Waals surface area contributed by atoms with Crippen LogP contribution in [-0.2, 0) is 0 Å². The first-order valence-corrected chi connectivity index (χ1v) is 9.79. The quantitative estimate of drug-likeness (QED) is 0.716. The third kappa shape index (κ3) is 3.88. The van der Waals surface area contributed by atoms with Crippen molar-refractivity contribution in [3.63, 3.8) is 0 Å². The second-order valence-electron chi connectivity index (χ2n) is 7.41. The van der Waals surface area contributed by atoms with E-state index < -0.39 is 0 Å². The first-order chi connectivity index (χ1) is 13.2. The molecule has 3 heteroatoms. The van der Waals surface area contributed by atoms with Crippen molar-refractivity contribution in [3.8, 4) is 0 Å². The summed E-state index contributed by atoms with van der Waals surface area (Å²) in [6, 6.07) is 23.0. The summed E-state index contributed by atoms with van der Waals surface area (Å²) in [6.07, 6.45) is 2.46. The van der Waals surface area contributed by atoms with Gasteiger partial charge in [-0.1, -0.05) is 60.2 Å².